The third kappa shape index (κ3) is 3.74. The maximum Gasteiger partial charge on any atom is 0.419 e. The minimum Gasteiger partial charge on any atom is -0.324 e. The van der Waals surface area contributed by atoms with Crippen molar-refractivity contribution in [2.24, 2.45) is 5.73 Å². The Morgan fingerprint density at radius 3 is 2.38 bits per heavy atom. The van der Waals surface area contributed by atoms with Crippen LogP contribution in [0.3, 0.4) is 0 Å². The van der Waals surface area contributed by atoms with E-state index in [0.717, 1.165) is 17.7 Å². The largest absolute Gasteiger partial charge is 0.419 e. The second-order valence-electron chi connectivity index (χ2n) is 4.64. The van der Waals surface area contributed by atoms with Crippen LogP contribution < -0.4 is 5.73 Å². The summed E-state index contributed by atoms with van der Waals surface area (Å²) in [4.78, 5) is 0. The molecule has 2 rings (SSSR count). The normalized spacial score (nSPS) is 13.2. The van der Waals surface area contributed by atoms with Gasteiger partial charge in [0.25, 0.3) is 0 Å². The van der Waals surface area contributed by atoms with Crippen LogP contribution in [0.5, 0.6) is 0 Å². The summed E-state index contributed by atoms with van der Waals surface area (Å²) in [5.74, 6) is -1.31. The van der Waals surface area contributed by atoms with Gasteiger partial charge in [0, 0.05) is 11.1 Å². The molecule has 0 aliphatic carbocycles. The van der Waals surface area contributed by atoms with Crippen LogP contribution in [0.1, 0.15) is 22.7 Å². The molecule has 1 nitrogen and oxygen atoms in total. The highest BCUT2D eigenvalue weighted by molar-refractivity contribution is 6.31. The second-order valence-corrected chi connectivity index (χ2v) is 5.05. The monoisotopic (exact) mass is 317 g/mol. The number of nitrogens with two attached hydrogens (primary N) is 1. The Labute approximate surface area is 124 Å². The highest BCUT2D eigenvalue weighted by Gasteiger charge is 2.34. The summed E-state index contributed by atoms with van der Waals surface area (Å²) in [5, 5.41) is 0.492. The zero-order valence-corrected chi connectivity index (χ0v) is 11.5. The van der Waals surface area contributed by atoms with Crippen LogP contribution in [0, 0.1) is 5.82 Å². The predicted octanol–water partition coefficient (Wildman–Crippen LogP) is 4.74. The molecule has 0 heterocycles. The molecular weight excluding hydrogens is 306 g/mol. The number of alkyl halides is 3. The van der Waals surface area contributed by atoms with Crippen LogP contribution in [0.15, 0.2) is 42.5 Å². The molecule has 112 valence electrons. The number of hydrogen-bond acceptors (Lipinski definition) is 1. The van der Waals surface area contributed by atoms with E-state index in [1.165, 1.54) is 6.07 Å². The number of benzene rings is 2. The molecule has 0 aliphatic heterocycles. The van der Waals surface area contributed by atoms with Gasteiger partial charge >= 0.3 is 6.18 Å². The molecule has 1 unspecified atom stereocenters. The lowest BCUT2D eigenvalue weighted by molar-refractivity contribution is -0.140. The van der Waals surface area contributed by atoms with Gasteiger partial charge < -0.3 is 5.73 Å². The summed E-state index contributed by atoms with van der Waals surface area (Å²) in [7, 11) is 0. The molecule has 2 aromatic carbocycles. The van der Waals surface area contributed by atoms with Crippen molar-refractivity contribution in [2.75, 3.05) is 0 Å². The SMILES string of the molecule is NC(Cc1ccccc1Cl)c1ccc(F)c(C(F)(F)F)c1. The summed E-state index contributed by atoms with van der Waals surface area (Å²) in [5.41, 5.74) is 5.54. The van der Waals surface area contributed by atoms with E-state index in [-0.39, 0.29) is 12.0 Å². The lowest BCUT2D eigenvalue weighted by Crippen LogP contribution is -2.16. The number of rotatable bonds is 3. The first-order valence-electron chi connectivity index (χ1n) is 6.14. The average Bonchev–Trinajstić information content (AvgIpc) is 2.40. The Morgan fingerprint density at radius 2 is 1.76 bits per heavy atom. The summed E-state index contributed by atoms with van der Waals surface area (Å²) in [6.07, 6.45) is -4.48. The minimum atomic E-state index is -4.75. The molecule has 0 amide bonds. The Bertz CT molecular complexity index is 640. The fraction of sp³-hybridized carbons (Fsp3) is 0.200. The van der Waals surface area contributed by atoms with Crippen LogP contribution in [-0.2, 0) is 12.6 Å². The molecule has 0 radical (unpaired) electrons. The van der Waals surface area contributed by atoms with Crippen molar-refractivity contribution < 1.29 is 17.6 Å². The third-order valence-electron chi connectivity index (χ3n) is 3.12. The van der Waals surface area contributed by atoms with Gasteiger partial charge in [-0.3, -0.25) is 0 Å². The Balaban J connectivity index is 2.28. The Morgan fingerprint density at radius 1 is 1.10 bits per heavy atom. The van der Waals surface area contributed by atoms with E-state index in [2.05, 4.69) is 0 Å². The van der Waals surface area contributed by atoms with Gasteiger partial charge in [0.2, 0.25) is 0 Å². The summed E-state index contributed by atoms with van der Waals surface area (Å²) in [6, 6.07) is 9.02. The highest BCUT2D eigenvalue weighted by atomic mass is 35.5. The highest BCUT2D eigenvalue weighted by Crippen LogP contribution is 2.33. The molecule has 2 aromatic rings. The van der Waals surface area contributed by atoms with Crippen molar-refractivity contribution in [1.29, 1.82) is 0 Å². The summed E-state index contributed by atoms with van der Waals surface area (Å²) in [6.45, 7) is 0. The predicted molar refractivity (Wildman–Crippen MR) is 73.5 cm³/mol. The number of hydrogen-bond donors (Lipinski definition) is 1. The van der Waals surface area contributed by atoms with Crippen LogP contribution in [0.2, 0.25) is 5.02 Å². The van der Waals surface area contributed by atoms with Crippen molar-refractivity contribution in [3.63, 3.8) is 0 Å². The fourth-order valence-electron chi connectivity index (χ4n) is 2.01. The summed E-state index contributed by atoms with van der Waals surface area (Å²) < 4.78 is 51.3. The van der Waals surface area contributed by atoms with E-state index in [1.807, 2.05) is 0 Å². The molecule has 0 saturated carbocycles. The van der Waals surface area contributed by atoms with E-state index in [4.69, 9.17) is 17.3 Å². The molecule has 0 fully saturated rings. The first-order valence-corrected chi connectivity index (χ1v) is 6.52. The first-order chi connectivity index (χ1) is 9.79. The molecule has 0 aliphatic rings. The van der Waals surface area contributed by atoms with Crippen LogP contribution in [0.25, 0.3) is 0 Å². The zero-order chi connectivity index (χ0) is 15.6. The molecule has 0 aromatic heterocycles. The molecule has 0 saturated heterocycles. The number of halogens is 5. The molecular formula is C15H12ClF4N. The van der Waals surface area contributed by atoms with Gasteiger partial charge in [-0.2, -0.15) is 13.2 Å². The van der Waals surface area contributed by atoms with Gasteiger partial charge in [0.15, 0.2) is 0 Å². The van der Waals surface area contributed by atoms with Crippen molar-refractivity contribution in [2.45, 2.75) is 18.6 Å². The van der Waals surface area contributed by atoms with Gasteiger partial charge in [-0.05, 0) is 35.7 Å². The standard InChI is InChI=1S/C15H12ClF4N/c16-12-4-2-1-3-9(12)8-14(21)10-5-6-13(17)11(7-10)15(18,19)20/h1-7,14H,8,21H2. The van der Waals surface area contributed by atoms with Gasteiger partial charge in [-0.25, -0.2) is 4.39 Å². The third-order valence-corrected chi connectivity index (χ3v) is 3.49. The van der Waals surface area contributed by atoms with E-state index >= 15 is 0 Å². The van der Waals surface area contributed by atoms with Crippen LogP contribution in [-0.4, -0.2) is 0 Å². The van der Waals surface area contributed by atoms with Crippen molar-refractivity contribution in [1.82, 2.24) is 0 Å². The smallest absolute Gasteiger partial charge is 0.324 e. The van der Waals surface area contributed by atoms with E-state index < -0.39 is 23.6 Å². The zero-order valence-electron chi connectivity index (χ0n) is 10.8. The van der Waals surface area contributed by atoms with E-state index in [1.54, 1.807) is 24.3 Å². The molecule has 6 heteroatoms. The van der Waals surface area contributed by atoms with Gasteiger partial charge in [-0.1, -0.05) is 35.9 Å². The topological polar surface area (TPSA) is 26.0 Å². The Hall–Kier alpha value is -1.59. The second kappa shape index (κ2) is 6.03. The molecule has 21 heavy (non-hydrogen) atoms. The maximum absolute atomic E-state index is 13.2. The lowest BCUT2D eigenvalue weighted by Gasteiger charge is -2.16. The minimum absolute atomic E-state index is 0.212. The van der Waals surface area contributed by atoms with Crippen LogP contribution in [0.4, 0.5) is 17.6 Å². The van der Waals surface area contributed by atoms with Crippen LogP contribution >= 0.6 is 11.6 Å². The quantitative estimate of drug-likeness (QED) is 0.813. The first kappa shape index (κ1) is 15.8. The molecule has 0 bridgehead atoms. The Kier molecular flexibility index (Phi) is 4.54. The molecule has 1 atom stereocenters. The van der Waals surface area contributed by atoms with Crippen molar-refractivity contribution >= 4 is 11.6 Å². The molecule has 0 spiro atoms. The van der Waals surface area contributed by atoms with Crippen molar-refractivity contribution in [3.8, 4) is 0 Å². The molecule has 2 N–H and O–H groups in total. The summed E-state index contributed by atoms with van der Waals surface area (Å²) >= 11 is 5.99. The van der Waals surface area contributed by atoms with Gasteiger partial charge in [0.1, 0.15) is 5.82 Å². The maximum atomic E-state index is 13.2. The average molecular weight is 318 g/mol. The van der Waals surface area contributed by atoms with E-state index in [9.17, 15) is 17.6 Å². The fourth-order valence-corrected chi connectivity index (χ4v) is 2.22. The van der Waals surface area contributed by atoms with E-state index in [0.29, 0.717) is 5.02 Å². The van der Waals surface area contributed by atoms with Gasteiger partial charge in [-0.15, -0.1) is 0 Å². The van der Waals surface area contributed by atoms with Gasteiger partial charge in [0.05, 0.1) is 5.56 Å². The van der Waals surface area contributed by atoms with Crippen molar-refractivity contribution in [3.05, 3.63) is 70.0 Å². The lowest BCUT2D eigenvalue weighted by atomic mass is 9.97.